The SMILES string of the molecule is Cc1cnc(C(=O)N2C[C@@H]3C[C@@H]4[C@@](C2)(CN(Cc2cccnc2)S4(=O)=O)O3)cn1. The quantitative estimate of drug-likeness (QED) is 0.713. The summed E-state index contributed by atoms with van der Waals surface area (Å²) in [6.45, 7) is 2.88. The van der Waals surface area contributed by atoms with Crippen LogP contribution in [0.2, 0.25) is 0 Å². The second-order valence-corrected chi connectivity index (χ2v) is 10.0. The van der Waals surface area contributed by atoms with Crippen molar-refractivity contribution in [2.45, 2.75) is 36.8 Å². The first-order chi connectivity index (χ1) is 13.9. The van der Waals surface area contributed by atoms with E-state index < -0.39 is 20.9 Å². The summed E-state index contributed by atoms with van der Waals surface area (Å²) in [5.41, 5.74) is 0.911. The number of sulfonamides is 1. The molecule has 9 nitrogen and oxygen atoms in total. The number of nitrogens with zero attached hydrogens (tertiary/aromatic N) is 5. The molecule has 152 valence electrons. The van der Waals surface area contributed by atoms with Gasteiger partial charge in [0.1, 0.15) is 16.5 Å². The average Bonchev–Trinajstić information content (AvgIpc) is 3.08. The highest BCUT2D eigenvalue weighted by Crippen LogP contribution is 2.47. The molecule has 2 aromatic rings. The summed E-state index contributed by atoms with van der Waals surface area (Å²) in [7, 11) is -3.53. The Morgan fingerprint density at radius 1 is 1.28 bits per heavy atom. The fourth-order valence-corrected chi connectivity index (χ4v) is 6.90. The molecule has 0 aromatic carbocycles. The van der Waals surface area contributed by atoms with E-state index in [0.717, 1.165) is 11.3 Å². The van der Waals surface area contributed by atoms with Crippen LogP contribution in [0.1, 0.15) is 28.2 Å². The Kier molecular flexibility index (Phi) is 4.19. The molecule has 3 atom stereocenters. The number of hydrogen-bond acceptors (Lipinski definition) is 7. The van der Waals surface area contributed by atoms with Crippen LogP contribution in [0.5, 0.6) is 0 Å². The van der Waals surface area contributed by atoms with Gasteiger partial charge in [0.15, 0.2) is 0 Å². The maximum atomic E-state index is 13.2. The van der Waals surface area contributed by atoms with Crippen molar-refractivity contribution in [3.05, 3.63) is 53.9 Å². The lowest BCUT2D eigenvalue weighted by Gasteiger charge is -2.39. The number of hydrogen-bond donors (Lipinski definition) is 0. The smallest absolute Gasteiger partial charge is 0.274 e. The van der Waals surface area contributed by atoms with E-state index in [1.165, 1.54) is 10.5 Å². The van der Waals surface area contributed by atoms with Crippen LogP contribution in [0.4, 0.5) is 0 Å². The van der Waals surface area contributed by atoms with Gasteiger partial charge in [0.25, 0.3) is 5.91 Å². The summed E-state index contributed by atoms with van der Waals surface area (Å²) >= 11 is 0. The highest BCUT2D eigenvalue weighted by molar-refractivity contribution is 7.90. The Labute approximate surface area is 168 Å². The van der Waals surface area contributed by atoms with Gasteiger partial charge in [-0.1, -0.05) is 6.07 Å². The number of morpholine rings is 1. The molecule has 0 N–H and O–H groups in total. The molecule has 2 aromatic heterocycles. The van der Waals surface area contributed by atoms with Gasteiger partial charge in [-0.15, -0.1) is 0 Å². The highest BCUT2D eigenvalue weighted by Gasteiger charge is 2.65. The number of ether oxygens (including phenoxy) is 1. The molecule has 1 spiro atoms. The normalized spacial score (nSPS) is 30.3. The summed E-state index contributed by atoms with van der Waals surface area (Å²) in [5, 5.41) is -0.640. The van der Waals surface area contributed by atoms with Gasteiger partial charge in [-0.25, -0.2) is 13.4 Å². The molecule has 3 aliphatic heterocycles. The maximum Gasteiger partial charge on any atom is 0.274 e. The minimum Gasteiger partial charge on any atom is -0.365 e. The maximum absolute atomic E-state index is 13.2. The largest absolute Gasteiger partial charge is 0.365 e. The van der Waals surface area contributed by atoms with Crippen LogP contribution >= 0.6 is 0 Å². The number of likely N-dealkylation sites (tertiary alicyclic amines) is 1. The third-order valence-electron chi connectivity index (χ3n) is 5.88. The van der Waals surface area contributed by atoms with Crippen LogP contribution in [0, 0.1) is 6.92 Å². The summed E-state index contributed by atoms with van der Waals surface area (Å²) in [4.78, 5) is 27.0. The summed E-state index contributed by atoms with van der Waals surface area (Å²) < 4.78 is 34.0. The van der Waals surface area contributed by atoms with Crippen molar-refractivity contribution in [1.82, 2.24) is 24.2 Å². The molecule has 5 rings (SSSR count). The minimum absolute atomic E-state index is 0.228. The monoisotopic (exact) mass is 415 g/mol. The number of carbonyl (C=O) groups excluding carboxylic acids is 1. The van der Waals surface area contributed by atoms with E-state index in [9.17, 15) is 13.2 Å². The van der Waals surface area contributed by atoms with Gasteiger partial charge < -0.3 is 9.64 Å². The highest BCUT2D eigenvalue weighted by atomic mass is 32.2. The molecular formula is C19H21N5O4S. The van der Waals surface area contributed by atoms with Crippen LogP contribution in [0.15, 0.2) is 36.9 Å². The standard InChI is InChI=1S/C19H21N5O4S/c1-13-6-22-16(8-21-13)18(25)23-10-15-5-17-19(11-23,28-15)12-24(29(17,26)27)9-14-3-2-4-20-7-14/h2-4,6-8,15,17H,5,9-12H2,1H3/t15-,17+,19+/m0/s1. The summed E-state index contributed by atoms with van der Waals surface area (Å²) in [5.74, 6) is -0.242. The van der Waals surface area contributed by atoms with Gasteiger partial charge >= 0.3 is 0 Å². The number of fused-ring (bicyclic) bond motifs is 1. The molecule has 0 saturated carbocycles. The van der Waals surface area contributed by atoms with Crippen LogP contribution < -0.4 is 0 Å². The first-order valence-electron chi connectivity index (χ1n) is 9.51. The van der Waals surface area contributed by atoms with Gasteiger partial charge in [0.2, 0.25) is 10.0 Å². The van der Waals surface area contributed by atoms with Crippen LogP contribution in [-0.4, -0.2) is 75.1 Å². The number of aryl methyl sites for hydroxylation is 1. The summed E-state index contributed by atoms with van der Waals surface area (Å²) in [6.07, 6.45) is 6.45. The van der Waals surface area contributed by atoms with E-state index in [2.05, 4.69) is 15.0 Å². The van der Waals surface area contributed by atoms with Gasteiger partial charge in [-0.3, -0.25) is 14.8 Å². The number of carbonyl (C=O) groups is 1. The van der Waals surface area contributed by atoms with E-state index in [0.29, 0.717) is 13.0 Å². The van der Waals surface area contributed by atoms with Crippen LogP contribution in [0.25, 0.3) is 0 Å². The third kappa shape index (κ3) is 3.02. The Bertz CT molecular complexity index is 1050. The number of aromatic nitrogens is 3. The topological polar surface area (TPSA) is 106 Å². The minimum atomic E-state index is -3.53. The zero-order chi connectivity index (χ0) is 20.2. The number of rotatable bonds is 3. The van der Waals surface area contributed by atoms with Crippen molar-refractivity contribution < 1.29 is 17.9 Å². The predicted octanol–water partition coefficient (Wildman–Crippen LogP) is 0.378. The number of pyridine rings is 1. The molecule has 5 heterocycles. The molecule has 0 aliphatic carbocycles. The van der Waals surface area contributed by atoms with Crippen molar-refractivity contribution in [1.29, 1.82) is 0 Å². The van der Waals surface area contributed by atoms with E-state index in [1.807, 2.05) is 6.07 Å². The molecule has 3 saturated heterocycles. The predicted molar refractivity (Wildman–Crippen MR) is 102 cm³/mol. The Hall–Kier alpha value is -2.43. The molecule has 3 aliphatic rings. The molecule has 1 amide bonds. The lowest BCUT2D eigenvalue weighted by Crippen LogP contribution is -2.56. The van der Waals surface area contributed by atoms with Crippen molar-refractivity contribution >= 4 is 15.9 Å². The second kappa shape index (κ2) is 6.54. The van der Waals surface area contributed by atoms with Gasteiger partial charge in [-0.05, 0) is 25.0 Å². The molecule has 3 fully saturated rings. The zero-order valence-electron chi connectivity index (χ0n) is 15.9. The van der Waals surface area contributed by atoms with Crippen LogP contribution in [0.3, 0.4) is 0 Å². The average molecular weight is 415 g/mol. The number of amides is 1. The fourth-order valence-electron chi connectivity index (χ4n) is 4.61. The van der Waals surface area contributed by atoms with Crippen molar-refractivity contribution in [2.24, 2.45) is 0 Å². The molecule has 2 bridgehead atoms. The molecule has 29 heavy (non-hydrogen) atoms. The second-order valence-electron chi connectivity index (χ2n) is 7.93. The Morgan fingerprint density at radius 3 is 2.86 bits per heavy atom. The third-order valence-corrected chi connectivity index (χ3v) is 8.20. The van der Waals surface area contributed by atoms with Gasteiger partial charge in [0.05, 0.1) is 24.5 Å². The van der Waals surface area contributed by atoms with Gasteiger partial charge in [0, 0.05) is 38.2 Å². The molecular weight excluding hydrogens is 394 g/mol. The molecule has 10 heteroatoms. The first-order valence-corrected chi connectivity index (χ1v) is 11.0. The molecule has 0 unspecified atom stereocenters. The van der Waals surface area contributed by atoms with Crippen LogP contribution in [-0.2, 0) is 21.3 Å². The van der Waals surface area contributed by atoms with Crippen molar-refractivity contribution in [2.75, 3.05) is 19.6 Å². The van der Waals surface area contributed by atoms with Crippen molar-refractivity contribution in [3.63, 3.8) is 0 Å². The van der Waals surface area contributed by atoms with E-state index >= 15 is 0 Å². The fraction of sp³-hybridized carbons (Fsp3) is 0.474. The Balaban J connectivity index is 1.41. The van der Waals surface area contributed by atoms with Crippen molar-refractivity contribution in [3.8, 4) is 0 Å². The lowest BCUT2D eigenvalue weighted by atomic mass is 9.99. The summed E-state index contributed by atoms with van der Waals surface area (Å²) in [6, 6.07) is 3.64. The Morgan fingerprint density at radius 2 is 2.14 bits per heavy atom. The van der Waals surface area contributed by atoms with E-state index in [1.54, 1.807) is 36.5 Å². The molecule has 0 radical (unpaired) electrons. The zero-order valence-corrected chi connectivity index (χ0v) is 16.7. The van der Waals surface area contributed by atoms with E-state index in [4.69, 9.17) is 4.74 Å². The van der Waals surface area contributed by atoms with Gasteiger partial charge in [-0.2, -0.15) is 4.31 Å². The lowest BCUT2D eigenvalue weighted by molar-refractivity contribution is -0.0981. The first kappa shape index (κ1) is 18.6. The van der Waals surface area contributed by atoms with E-state index in [-0.39, 0.29) is 37.3 Å².